The standard InChI is InChI=1S/C12H10O2S/c13-12(14)11-10(6-7-15-11)8-9-4-2-1-3-5-9/h1-7H,8H2,(H,13,14). The van der Waals surface area contributed by atoms with Crippen LogP contribution in [0, 0.1) is 0 Å². The van der Waals surface area contributed by atoms with Crippen LogP contribution in [0.15, 0.2) is 41.8 Å². The lowest BCUT2D eigenvalue weighted by Crippen LogP contribution is -1.98. The van der Waals surface area contributed by atoms with E-state index in [0.29, 0.717) is 11.3 Å². The van der Waals surface area contributed by atoms with Gasteiger partial charge in [-0.05, 0) is 29.0 Å². The van der Waals surface area contributed by atoms with Gasteiger partial charge >= 0.3 is 5.97 Å². The van der Waals surface area contributed by atoms with Crippen molar-refractivity contribution in [1.82, 2.24) is 0 Å². The van der Waals surface area contributed by atoms with Crippen LogP contribution >= 0.6 is 11.3 Å². The van der Waals surface area contributed by atoms with E-state index in [0.717, 1.165) is 11.1 Å². The molecule has 76 valence electrons. The lowest BCUT2D eigenvalue weighted by atomic mass is 10.1. The van der Waals surface area contributed by atoms with E-state index in [1.54, 1.807) is 0 Å². The van der Waals surface area contributed by atoms with Crippen LogP contribution in [0.4, 0.5) is 0 Å². The summed E-state index contributed by atoms with van der Waals surface area (Å²) in [6, 6.07) is 11.8. The van der Waals surface area contributed by atoms with Crippen molar-refractivity contribution < 1.29 is 9.90 Å². The number of carboxylic acids is 1. The molecule has 0 fully saturated rings. The first-order valence-electron chi connectivity index (χ1n) is 4.61. The summed E-state index contributed by atoms with van der Waals surface area (Å²) in [6.07, 6.45) is 0.686. The largest absolute Gasteiger partial charge is 0.477 e. The first-order valence-corrected chi connectivity index (χ1v) is 5.49. The molecule has 15 heavy (non-hydrogen) atoms. The van der Waals surface area contributed by atoms with Gasteiger partial charge in [0, 0.05) is 0 Å². The summed E-state index contributed by atoms with van der Waals surface area (Å²) in [5.41, 5.74) is 2.03. The van der Waals surface area contributed by atoms with E-state index in [1.165, 1.54) is 11.3 Å². The number of carbonyl (C=O) groups is 1. The molecular weight excluding hydrogens is 208 g/mol. The van der Waals surface area contributed by atoms with Gasteiger partial charge in [-0.1, -0.05) is 30.3 Å². The second kappa shape index (κ2) is 4.28. The van der Waals surface area contributed by atoms with Crippen molar-refractivity contribution in [2.75, 3.05) is 0 Å². The summed E-state index contributed by atoms with van der Waals surface area (Å²) in [5.74, 6) is -0.837. The van der Waals surface area contributed by atoms with Gasteiger partial charge in [0.05, 0.1) is 0 Å². The summed E-state index contributed by atoms with van der Waals surface area (Å²) < 4.78 is 0. The summed E-state index contributed by atoms with van der Waals surface area (Å²) in [7, 11) is 0. The summed E-state index contributed by atoms with van der Waals surface area (Å²) in [5, 5.41) is 10.8. The molecule has 0 unspecified atom stereocenters. The predicted octanol–water partition coefficient (Wildman–Crippen LogP) is 3.04. The highest BCUT2D eigenvalue weighted by molar-refractivity contribution is 7.12. The van der Waals surface area contributed by atoms with E-state index in [-0.39, 0.29) is 0 Å². The number of hydrogen-bond donors (Lipinski definition) is 1. The van der Waals surface area contributed by atoms with E-state index in [1.807, 2.05) is 41.8 Å². The Morgan fingerprint density at radius 2 is 1.93 bits per heavy atom. The van der Waals surface area contributed by atoms with E-state index >= 15 is 0 Å². The van der Waals surface area contributed by atoms with Gasteiger partial charge in [-0.2, -0.15) is 0 Å². The molecule has 2 rings (SSSR count). The molecule has 0 aliphatic rings. The summed E-state index contributed by atoms with van der Waals surface area (Å²) >= 11 is 1.28. The molecule has 1 heterocycles. The Bertz CT molecular complexity index is 459. The SMILES string of the molecule is O=C(O)c1sccc1Cc1ccccc1. The van der Waals surface area contributed by atoms with Crippen molar-refractivity contribution in [3.63, 3.8) is 0 Å². The molecule has 0 spiro atoms. The molecule has 0 saturated heterocycles. The van der Waals surface area contributed by atoms with Crippen LogP contribution in [-0.2, 0) is 6.42 Å². The monoisotopic (exact) mass is 218 g/mol. The fourth-order valence-electron chi connectivity index (χ4n) is 1.48. The maximum atomic E-state index is 10.9. The fourth-order valence-corrected chi connectivity index (χ4v) is 2.24. The quantitative estimate of drug-likeness (QED) is 0.859. The zero-order valence-corrected chi connectivity index (χ0v) is 8.83. The molecule has 0 saturated carbocycles. The Kier molecular flexibility index (Phi) is 2.83. The number of thiophene rings is 1. The van der Waals surface area contributed by atoms with Crippen LogP contribution in [0.25, 0.3) is 0 Å². The maximum Gasteiger partial charge on any atom is 0.346 e. The smallest absolute Gasteiger partial charge is 0.346 e. The van der Waals surface area contributed by atoms with Crippen LogP contribution in [-0.4, -0.2) is 11.1 Å². The first-order chi connectivity index (χ1) is 7.27. The van der Waals surface area contributed by atoms with Gasteiger partial charge in [-0.3, -0.25) is 0 Å². The van der Waals surface area contributed by atoms with Crippen molar-refractivity contribution in [1.29, 1.82) is 0 Å². The van der Waals surface area contributed by atoms with Crippen LogP contribution in [0.2, 0.25) is 0 Å². The molecule has 1 aromatic carbocycles. The van der Waals surface area contributed by atoms with Gasteiger partial charge < -0.3 is 5.11 Å². The van der Waals surface area contributed by atoms with E-state index in [2.05, 4.69) is 0 Å². The Morgan fingerprint density at radius 3 is 2.60 bits per heavy atom. The Morgan fingerprint density at radius 1 is 1.20 bits per heavy atom. The Balaban J connectivity index is 2.25. The summed E-state index contributed by atoms with van der Waals surface area (Å²) in [4.78, 5) is 11.3. The number of hydrogen-bond acceptors (Lipinski definition) is 2. The van der Waals surface area contributed by atoms with Gasteiger partial charge in [0.2, 0.25) is 0 Å². The Hall–Kier alpha value is -1.61. The van der Waals surface area contributed by atoms with Crippen LogP contribution in [0.5, 0.6) is 0 Å². The van der Waals surface area contributed by atoms with Crippen LogP contribution in [0.3, 0.4) is 0 Å². The highest BCUT2D eigenvalue weighted by Gasteiger charge is 2.11. The zero-order chi connectivity index (χ0) is 10.7. The van der Waals surface area contributed by atoms with Crippen molar-refractivity contribution >= 4 is 17.3 Å². The molecule has 0 radical (unpaired) electrons. The van der Waals surface area contributed by atoms with E-state index in [4.69, 9.17) is 5.11 Å². The summed E-state index contributed by atoms with van der Waals surface area (Å²) in [6.45, 7) is 0. The molecule has 2 nitrogen and oxygen atoms in total. The minimum atomic E-state index is -0.837. The molecule has 1 aromatic heterocycles. The third-order valence-corrected chi connectivity index (χ3v) is 3.12. The molecule has 0 aliphatic carbocycles. The zero-order valence-electron chi connectivity index (χ0n) is 8.01. The third kappa shape index (κ3) is 2.25. The van der Waals surface area contributed by atoms with E-state index < -0.39 is 5.97 Å². The highest BCUT2D eigenvalue weighted by atomic mass is 32.1. The molecule has 1 N–H and O–H groups in total. The van der Waals surface area contributed by atoms with Gasteiger partial charge in [-0.15, -0.1) is 11.3 Å². The number of aromatic carboxylic acids is 1. The average molecular weight is 218 g/mol. The fraction of sp³-hybridized carbons (Fsp3) is 0.0833. The van der Waals surface area contributed by atoms with Crippen LogP contribution in [0.1, 0.15) is 20.8 Å². The third-order valence-electron chi connectivity index (χ3n) is 2.18. The van der Waals surface area contributed by atoms with Crippen molar-refractivity contribution in [3.05, 3.63) is 57.8 Å². The number of rotatable bonds is 3. The molecule has 0 aliphatic heterocycles. The molecule has 0 bridgehead atoms. The van der Waals surface area contributed by atoms with E-state index in [9.17, 15) is 4.79 Å². The molecule has 2 aromatic rings. The van der Waals surface area contributed by atoms with Gasteiger partial charge in [0.15, 0.2) is 0 Å². The second-order valence-corrected chi connectivity index (χ2v) is 4.16. The molecule has 3 heteroatoms. The van der Waals surface area contributed by atoms with Gasteiger partial charge in [-0.25, -0.2) is 4.79 Å². The van der Waals surface area contributed by atoms with Crippen LogP contribution < -0.4 is 0 Å². The normalized spacial score (nSPS) is 10.1. The van der Waals surface area contributed by atoms with Crippen molar-refractivity contribution in [2.45, 2.75) is 6.42 Å². The molecule has 0 atom stereocenters. The molecular formula is C12H10O2S. The lowest BCUT2D eigenvalue weighted by Gasteiger charge is -2.00. The predicted molar refractivity (Wildman–Crippen MR) is 60.5 cm³/mol. The number of carboxylic acid groups (broad SMARTS) is 1. The Labute approximate surface area is 91.8 Å². The molecule has 0 amide bonds. The van der Waals surface area contributed by atoms with Gasteiger partial charge in [0.1, 0.15) is 4.88 Å². The highest BCUT2D eigenvalue weighted by Crippen LogP contribution is 2.19. The minimum Gasteiger partial charge on any atom is -0.477 e. The van der Waals surface area contributed by atoms with Gasteiger partial charge in [0.25, 0.3) is 0 Å². The lowest BCUT2D eigenvalue weighted by molar-refractivity contribution is 0.0701. The topological polar surface area (TPSA) is 37.3 Å². The second-order valence-electron chi connectivity index (χ2n) is 3.24. The number of benzene rings is 1. The average Bonchev–Trinajstić information content (AvgIpc) is 2.67. The van der Waals surface area contributed by atoms with Crippen molar-refractivity contribution in [2.24, 2.45) is 0 Å². The van der Waals surface area contributed by atoms with Crippen molar-refractivity contribution in [3.8, 4) is 0 Å². The first kappa shape index (κ1) is 9.93. The maximum absolute atomic E-state index is 10.9. The minimum absolute atomic E-state index is 0.443.